The van der Waals surface area contributed by atoms with Gasteiger partial charge in [0, 0.05) is 6.61 Å². The molecule has 0 atom stereocenters. The van der Waals surface area contributed by atoms with Crippen molar-refractivity contribution in [1.29, 1.82) is 0 Å². The van der Waals surface area contributed by atoms with E-state index in [0.717, 1.165) is 13.2 Å². The number of hydrogen-bond acceptors (Lipinski definition) is 1. The quantitative estimate of drug-likeness (QED) is 0.628. The van der Waals surface area contributed by atoms with Gasteiger partial charge in [0.2, 0.25) is 0 Å². The van der Waals surface area contributed by atoms with E-state index >= 15 is 0 Å². The van der Waals surface area contributed by atoms with Gasteiger partial charge in [0.15, 0.2) is 0 Å². The monoisotopic (exact) mass is 232 g/mol. The van der Waals surface area contributed by atoms with Gasteiger partial charge in [0.05, 0.1) is 6.61 Å². The standard InChI is InChI=1S/C16H24O/c1-4-5-6-9-17-10-7-8-16-12-14(2)11-15(3)13-16/h7-8,11-13H,4-6,9-10H2,1-3H3. The third-order valence-electron chi connectivity index (χ3n) is 2.66. The van der Waals surface area contributed by atoms with Crippen LogP contribution in [0.15, 0.2) is 24.3 Å². The highest BCUT2D eigenvalue weighted by atomic mass is 16.5. The molecule has 0 aliphatic heterocycles. The van der Waals surface area contributed by atoms with E-state index in [1.54, 1.807) is 0 Å². The summed E-state index contributed by atoms with van der Waals surface area (Å²) in [5, 5.41) is 0. The summed E-state index contributed by atoms with van der Waals surface area (Å²) < 4.78 is 5.53. The first-order valence-electron chi connectivity index (χ1n) is 6.55. The number of rotatable bonds is 7. The van der Waals surface area contributed by atoms with Crippen molar-refractivity contribution in [2.75, 3.05) is 13.2 Å². The molecule has 0 saturated heterocycles. The van der Waals surface area contributed by atoms with Gasteiger partial charge in [-0.2, -0.15) is 0 Å². The first kappa shape index (κ1) is 14.0. The van der Waals surface area contributed by atoms with Crippen LogP contribution in [-0.2, 0) is 4.74 Å². The Balaban J connectivity index is 2.28. The lowest BCUT2D eigenvalue weighted by molar-refractivity contribution is 0.158. The largest absolute Gasteiger partial charge is 0.377 e. The molecule has 0 aromatic heterocycles. The van der Waals surface area contributed by atoms with Crippen LogP contribution in [0.4, 0.5) is 0 Å². The minimum Gasteiger partial charge on any atom is -0.377 e. The van der Waals surface area contributed by atoms with Crippen LogP contribution < -0.4 is 0 Å². The van der Waals surface area contributed by atoms with Gasteiger partial charge in [-0.25, -0.2) is 0 Å². The van der Waals surface area contributed by atoms with Gasteiger partial charge in [-0.05, 0) is 25.8 Å². The van der Waals surface area contributed by atoms with Gasteiger partial charge in [0.1, 0.15) is 0 Å². The van der Waals surface area contributed by atoms with Crippen LogP contribution in [0.5, 0.6) is 0 Å². The molecule has 0 saturated carbocycles. The van der Waals surface area contributed by atoms with E-state index in [1.165, 1.54) is 36.0 Å². The average molecular weight is 232 g/mol. The molecule has 1 aromatic rings. The summed E-state index contributed by atoms with van der Waals surface area (Å²) in [6.45, 7) is 8.07. The van der Waals surface area contributed by atoms with Crippen molar-refractivity contribution in [2.45, 2.75) is 40.0 Å². The Morgan fingerprint density at radius 2 is 1.76 bits per heavy atom. The van der Waals surface area contributed by atoms with Crippen molar-refractivity contribution in [2.24, 2.45) is 0 Å². The van der Waals surface area contributed by atoms with Crippen LogP contribution >= 0.6 is 0 Å². The van der Waals surface area contributed by atoms with Crippen LogP contribution in [0.2, 0.25) is 0 Å². The molecule has 0 heterocycles. The van der Waals surface area contributed by atoms with Gasteiger partial charge in [-0.15, -0.1) is 0 Å². The van der Waals surface area contributed by atoms with E-state index in [1.807, 2.05) is 0 Å². The lowest BCUT2D eigenvalue weighted by atomic mass is 10.1. The molecule has 1 nitrogen and oxygen atoms in total. The van der Waals surface area contributed by atoms with Gasteiger partial charge in [0.25, 0.3) is 0 Å². The summed E-state index contributed by atoms with van der Waals surface area (Å²) in [5.41, 5.74) is 3.89. The minimum atomic E-state index is 0.719. The van der Waals surface area contributed by atoms with Crippen molar-refractivity contribution in [1.82, 2.24) is 0 Å². The fraction of sp³-hybridized carbons (Fsp3) is 0.500. The molecular formula is C16H24O. The van der Waals surface area contributed by atoms with Gasteiger partial charge in [-0.1, -0.05) is 61.2 Å². The molecule has 0 spiro atoms. The second kappa shape index (κ2) is 8.08. The first-order chi connectivity index (χ1) is 8.22. The lowest BCUT2D eigenvalue weighted by Crippen LogP contribution is -1.93. The van der Waals surface area contributed by atoms with Crippen molar-refractivity contribution in [3.8, 4) is 0 Å². The summed E-state index contributed by atoms with van der Waals surface area (Å²) in [6, 6.07) is 6.58. The van der Waals surface area contributed by atoms with Crippen molar-refractivity contribution in [3.05, 3.63) is 41.0 Å². The molecule has 0 aliphatic rings. The van der Waals surface area contributed by atoms with Crippen LogP contribution in [0.25, 0.3) is 6.08 Å². The Morgan fingerprint density at radius 3 is 2.41 bits per heavy atom. The summed E-state index contributed by atoms with van der Waals surface area (Å²) in [7, 11) is 0. The highest BCUT2D eigenvalue weighted by Gasteiger charge is 1.91. The molecule has 0 unspecified atom stereocenters. The van der Waals surface area contributed by atoms with E-state index in [9.17, 15) is 0 Å². The molecule has 0 fully saturated rings. The Hall–Kier alpha value is -1.08. The van der Waals surface area contributed by atoms with Crippen molar-refractivity contribution >= 4 is 6.08 Å². The SMILES string of the molecule is CCCCCOCC=Cc1cc(C)cc(C)c1. The highest BCUT2D eigenvalue weighted by molar-refractivity contribution is 5.51. The minimum absolute atomic E-state index is 0.719. The number of benzene rings is 1. The maximum atomic E-state index is 5.53. The molecule has 17 heavy (non-hydrogen) atoms. The number of unbranched alkanes of at least 4 members (excludes halogenated alkanes) is 2. The van der Waals surface area contributed by atoms with Crippen molar-refractivity contribution < 1.29 is 4.74 Å². The van der Waals surface area contributed by atoms with E-state index in [0.29, 0.717) is 0 Å². The van der Waals surface area contributed by atoms with Crippen LogP contribution in [0, 0.1) is 13.8 Å². The van der Waals surface area contributed by atoms with Crippen LogP contribution in [0.1, 0.15) is 42.9 Å². The fourth-order valence-corrected chi connectivity index (χ4v) is 1.90. The van der Waals surface area contributed by atoms with E-state index in [-0.39, 0.29) is 0 Å². The van der Waals surface area contributed by atoms with E-state index in [4.69, 9.17) is 4.74 Å². The second-order valence-corrected chi connectivity index (χ2v) is 4.61. The molecule has 0 radical (unpaired) electrons. The normalized spacial score (nSPS) is 11.2. The predicted molar refractivity (Wildman–Crippen MR) is 75.3 cm³/mol. The number of aryl methyl sites for hydroxylation is 2. The summed E-state index contributed by atoms with van der Waals surface area (Å²) in [4.78, 5) is 0. The van der Waals surface area contributed by atoms with Crippen LogP contribution in [0.3, 0.4) is 0 Å². The predicted octanol–water partition coefficient (Wildman–Crippen LogP) is 4.52. The highest BCUT2D eigenvalue weighted by Crippen LogP contribution is 2.10. The van der Waals surface area contributed by atoms with Gasteiger partial charge >= 0.3 is 0 Å². The Bertz CT molecular complexity index is 332. The van der Waals surface area contributed by atoms with Gasteiger partial charge in [-0.3, -0.25) is 0 Å². The van der Waals surface area contributed by atoms with E-state index in [2.05, 4.69) is 51.1 Å². The third kappa shape index (κ3) is 6.28. The molecule has 0 N–H and O–H groups in total. The average Bonchev–Trinajstić information content (AvgIpc) is 2.26. The zero-order valence-electron chi connectivity index (χ0n) is 11.3. The summed E-state index contributed by atoms with van der Waals surface area (Å²) in [5.74, 6) is 0. The van der Waals surface area contributed by atoms with Gasteiger partial charge < -0.3 is 4.74 Å². The zero-order chi connectivity index (χ0) is 12.5. The fourth-order valence-electron chi connectivity index (χ4n) is 1.90. The maximum absolute atomic E-state index is 5.53. The Morgan fingerprint density at radius 1 is 1.06 bits per heavy atom. The molecule has 1 aromatic carbocycles. The molecule has 1 heteroatoms. The lowest BCUT2D eigenvalue weighted by Gasteiger charge is -2.01. The van der Waals surface area contributed by atoms with Crippen molar-refractivity contribution in [3.63, 3.8) is 0 Å². The number of hydrogen-bond donors (Lipinski definition) is 0. The summed E-state index contributed by atoms with van der Waals surface area (Å²) in [6.07, 6.45) is 7.93. The molecule has 0 bridgehead atoms. The smallest absolute Gasteiger partial charge is 0.0650 e. The maximum Gasteiger partial charge on any atom is 0.0650 e. The molecule has 0 amide bonds. The first-order valence-corrected chi connectivity index (χ1v) is 6.55. The molecule has 0 aliphatic carbocycles. The molecular weight excluding hydrogens is 208 g/mol. The Kier molecular flexibility index (Phi) is 6.64. The molecule has 1 rings (SSSR count). The zero-order valence-corrected chi connectivity index (χ0v) is 11.3. The molecule has 94 valence electrons. The number of ether oxygens (including phenoxy) is 1. The topological polar surface area (TPSA) is 9.23 Å². The van der Waals surface area contributed by atoms with Crippen LogP contribution in [-0.4, -0.2) is 13.2 Å². The second-order valence-electron chi connectivity index (χ2n) is 4.61. The third-order valence-corrected chi connectivity index (χ3v) is 2.66. The Labute approximate surface area is 106 Å². The summed E-state index contributed by atoms with van der Waals surface area (Å²) >= 11 is 0. The van der Waals surface area contributed by atoms with E-state index < -0.39 is 0 Å².